The molecule has 1 heterocycles. The number of nitrogens with one attached hydrogen (secondary N) is 1. The van der Waals surface area contributed by atoms with E-state index in [1.165, 1.54) is 42.3 Å². The van der Waals surface area contributed by atoms with Crippen LogP contribution in [0.5, 0.6) is 5.75 Å². The van der Waals surface area contributed by atoms with Gasteiger partial charge in [0.05, 0.1) is 7.11 Å². The van der Waals surface area contributed by atoms with Gasteiger partial charge in [0, 0.05) is 32.2 Å². The van der Waals surface area contributed by atoms with E-state index in [1.54, 1.807) is 7.11 Å². The predicted molar refractivity (Wildman–Crippen MR) is 105 cm³/mol. The highest BCUT2D eigenvalue weighted by atomic mass is 35.5. The fraction of sp³-hybridized carbons (Fsp3) is 0.474. The quantitative estimate of drug-likeness (QED) is 0.880. The largest absolute Gasteiger partial charge is 0.497 e. The predicted octanol–water partition coefficient (Wildman–Crippen LogP) is 4.05. The maximum absolute atomic E-state index is 5.33. The lowest BCUT2D eigenvalue weighted by atomic mass is 9.96. The molecule has 1 atom stereocenters. The fourth-order valence-corrected chi connectivity index (χ4v) is 3.71. The number of ether oxygens (including phenoxy) is 1. The van der Waals surface area contributed by atoms with Gasteiger partial charge in [0.15, 0.2) is 0 Å². The van der Waals surface area contributed by atoms with Gasteiger partial charge < -0.3 is 10.1 Å². The number of hydrogen-bond donors (Lipinski definition) is 1. The van der Waals surface area contributed by atoms with Gasteiger partial charge in [0.2, 0.25) is 0 Å². The molecule has 1 aliphatic heterocycles. The Morgan fingerprint density at radius 2 is 1.67 bits per heavy atom. The molecular weight excluding hydrogens is 343 g/mol. The number of hydrogen-bond acceptors (Lipinski definition) is 3. The number of halogens is 2. The third kappa shape index (κ3) is 3.97. The number of piperazine rings is 1. The first-order valence-electron chi connectivity index (χ1n) is 8.37. The van der Waals surface area contributed by atoms with Crippen molar-refractivity contribution >= 4 is 35.6 Å². The molecule has 2 fully saturated rings. The van der Waals surface area contributed by atoms with E-state index in [1.807, 2.05) is 0 Å². The molecule has 1 aliphatic carbocycles. The van der Waals surface area contributed by atoms with Crippen molar-refractivity contribution in [1.82, 2.24) is 10.2 Å². The van der Waals surface area contributed by atoms with Crippen LogP contribution in [0.15, 0.2) is 36.4 Å². The second kappa shape index (κ2) is 8.39. The molecule has 0 radical (unpaired) electrons. The zero-order valence-corrected chi connectivity index (χ0v) is 15.7. The van der Waals surface area contributed by atoms with Crippen LogP contribution in [0.2, 0.25) is 0 Å². The molecule has 132 valence electrons. The fourth-order valence-electron chi connectivity index (χ4n) is 3.71. The Kier molecular flexibility index (Phi) is 6.76. The summed E-state index contributed by atoms with van der Waals surface area (Å²) in [5.74, 6) is 1.79. The molecule has 3 nitrogen and oxygen atoms in total. The van der Waals surface area contributed by atoms with Gasteiger partial charge in [0.25, 0.3) is 0 Å². The Labute approximate surface area is 156 Å². The minimum atomic E-state index is 0. The number of rotatable bonds is 4. The van der Waals surface area contributed by atoms with E-state index in [0.717, 1.165) is 24.8 Å². The first kappa shape index (κ1) is 19.3. The number of methoxy groups -OCH3 is 1. The van der Waals surface area contributed by atoms with Gasteiger partial charge in [-0.25, -0.2) is 0 Å². The van der Waals surface area contributed by atoms with Gasteiger partial charge in [-0.1, -0.05) is 18.2 Å². The lowest BCUT2D eigenvalue weighted by Gasteiger charge is -2.35. The minimum absolute atomic E-state index is 0. The minimum Gasteiger partial charge on any atom is -0.497 e. The van der Waals surface area contributed by atoms with E-state index in [2.05, 4.69) is 46.6 Å². The zero-order valence-electron chi connectivity index (χ0n) is 14.0. The van der Waals surface area contributed by atoms with E-state index >= 15 is 0 Å². The van der Waals surface area contributed by atoms with Crippen molar-refractivity contribution in [3.63, 3.8) is 0 Å². The molecule has 0 aromatic heterocycles. The number of fused-ring (bicyclic) bond motifs is 1. The van der Waals surface area contributed by atoms with Crippen molar-refractivity contribution in [1.29, 1.82) is 0 Å². The van der Waals surface area contributed by atoms with Gasteiger partial charge in [-0.3, -0.25) is 4.90 Å². The van der Waals surface area contributed by atoms with Crippen LogP contribution in [0.3, 0.4) is 0 Å². The Morgan fingerprint density at radius 1 is 1.00 bits per heavy atom. The lowest BCUT2D eigenvalue weighted by Crippen LogP contribution is -2.45. The molecule has 1 saturated carbocycles. The van der Waals surface area contributed by atoms with Crippen molar-refractivity contribution < 1.29 is 4.74 Å². The second-order valence-corrected chi connectivity index (χ2v) is 6.54. The van der Waals surface area contributed by atoms with Gasteiger partial charge in [-0.2, -0.15) is 0 Å². The van der Waals surface area contributed by atoms with Crippen molar-refractivity contribution in [3.8, 4) is 5.75 Å². The normalized spacial score (nSPS) is 19.2. The van der Waals surface area contributed by atoms with Crippen LogP contribution in [-0.2, 0) is 0 Å². The molecule has 5 heteroatoms. The van der Waals surface area contributed by atoms with Crippen molar-refractivity contribution in [3.05, 3.63) is 42.0 Å². The van der Waals surface area contributed by atoms with E-state index in [-0.39, 0.29) is 24.8 Å². The van der Waals surface area contributed by atoms with Gasteiger partial charge in [-0.05, 0) is 53.3 Å². The monoisotopic (exact) mass is 368 g/mol. The summed E-state index contributed by atoms with van der Waals surface area (Å²) in [6, 6.07) is 13.9. The SMILES string of the molecule is COc1ccc2cc([C@H](C3CC3)N3CCNCC3)ccc2c1.Cl.Cl. The van der Waals surface area contributed by atoms with E-state index in [0.29, 0.717) is 6.04 Å². The van der Waals surface area contributed by atoms with Crippen molar-refractivity contribution in [2.45, 2.75) is 18.9 Å². The first-order valence-corrected chi connectivity index (χ1v) is 8.37. The number of benzene rings is 2. The Hall–Kier alpha value is -1.000. The third-order valence-electron chi connectivity index (χ3n) is 5.03. The number of nitrogens with zero attached hydrogens (tertiary/aromatic N) is 1. The maximum Gasteiger partial charge on any atom is 0.119 e. The molecule has 0 bridgehead atoms. The summed E-state index contributed by atoms with van der Waals surface area (Å²) in [6.45, 7) is 4.58. The van der Waals surface area contributed by atoms with Crippen LogP contribution in [0.4, 0.5) is 0 Å². The molecule has 1 saturated heterocycles. The van der Waals surface area contributed by atoms with Crippen LogP contribution < -0.4 is 10.1 Å². The van der Waals surface area contributed by atoms with Gasteiger partial charge in [-0.15, -0.1) is 24.8 Å². The average molecular weight is 369 g/mol. The van der Waals surface area contributed by atoms with Crippen molar-refractivity contribution in [2.24, 2.45) is 5.92 Å². The topological polar surface area (TPSA) is 24.5 Å². The molecule has 1 N–H and O–H groups in total. The summed E-state index contributed by atoms with van der Waals surface area (Å²) in [6.07, 6.45) is 2.77. The zero-order chi connectivity index (χ0) is 14.9. The molecule has 0 amide bonds. The first-order chi connectivity index (χ1) is 10.8. The van der Waals surface area contributed by atoms with Crippen LogP contribution in [0.25, 0.3) is 10.8 Å². The summed E-state index contributed by atoms with van der Waals surface area (Å²) >= 11 is 0. The molecule has 0 spiro atoms. The highest BCUT2D eigenvalue weighted by Crippen LogP contribution is 2.45. The van der Waals surface area contributed by atoms with Crippen molar-refractivity contribution in [2.75, 3.05) is 33.3 Å². The Morgan fingerprint density at radius 3 is 2.33 bits per heavy atom. The van der Waals surface area contributed by atoms with Crippen LogP contribution >= 0.6 is 24.8 Å². The third-order valence-corrected chi connectivity index (χ3v) is 5.03. The second-order valence-electron chi connectivity index (χ2n) is 6.54. The standard InChI is InChI=1S/C19H24N2O.2ClH/c1-22-18-7-6-15-12-17(5-4-16(15)13-18)19(14-2-3-14)21-10-8-20-9-11-21;;/h4-7,12-14,19-20H,2-3,8-11H2,1H3;2*1H/t19-;;/m0../s1. The molecular formula is C19H26Cl2N2O. The Bertz CT molecular complexity index is 669. The van der Waals surface area contributed by atoms with E-state index in [9.17, 15) is 0 Å². The van der Waals surface area contributed by atoms with E-state index < -0.39 is 0 Å². The Balaban J connectivity index is 0.00000104. The highest BCUT2D eigenvalue weighted by molar-refractivity contribution is 5.86. The summed E-state index contributed by atoms with van der Waals surface area (Å²) in [4.78, 5) is 2.68. The molecule has 2 aromatic rings. The molecule has 2 aliphatic rings. The highest BCUT2D eigenvalue weighted by Gasteiger charge is 2.36. The average Bonchev–Trinajstić information content (AvgIpc) is 3.40. The van der Waals surface area contributed by atoms with E-state index in [4.69, 9.17) is 4.74 Å². The van der Waals surface area contributed by atoms with Crippen LogP contribution in [0, 0.1) is 5.92 Å². The maximum atomic E-state index is 5.33. The molecule has 2 aromatic carbocycles. The lowest BCUT2D eigenvalue weighted by molar-refractivity contribution is 0.156. The molecule has 0 unspecified atom stereocenters. The molecule has 24 heavy (non-hydrogen) atoms. The molecule has 4 rings (SSSR count). The van der Waals surface area contributed by atoms with Crippen LogP contribution in [-0.4, -0.2) is 38.2 Å². The van der Waals surface area contributed by atoms with Gasteiger partial charge >= 0.3 is 0 Å². The summed E-state index contributed by atoms with van der Waals surface area (Å²) in [5, 5.41) is 6.05. The van der Waals surface area contributed by atoms with Gasteiger partial charge in [0.1, 0.15) is 5.75 Å². The van der Waals surface area contributed by atoms with Crippen LogP contribution in [0.1, 0.15) is 24.4 Å². The summed E-state index contributed by atoms with van der Waals surface area (Å²) < 4.78 is 5.33. The summed E-state index contributed by atoms with van der Waals surface area (Å²) in [5.41, 5.74) is 1.49. The summed E-state index contributed by atoms with van der Waals surface area (Å²) in [7, 11) is 1.73. The smallest absolute Gasteiger partial charge is 0.119 e.